The van der Waals surface area contributed by atoms with Crippen LogP contribution in [0.2, 0.25) is 0 Å². The largest absolute Gasteiger partial charge is 0.494 e. The summed E-state index contributed by atoms with van der Waals surface area (Å²) in [4.78, 5) is 12.7. The van der Waals surface area contributed by atoms with Crippen molar-refractivity contribution in [1.82, 2.24) is 0 Å². The summed E-state index contributed by atoms with van der Waals surface area (Å²) in [6.07, 6.45) is 24.7. The number of carbonyl (C=O) groups is 1. The van der Waals surface area contributed by atoms with Crippen LogP contribution >= 0.6 is 0 Å². The molecule has 0 aromatic heterocycles. The predicted molar refractivity (Wildman–Crippen MR) is 189 cm³/mol. The van der Waals surface area contributed by atoms with Crippen molar-refractivity contribution in [2.75, 3.05) is 13.2 Å². The molecular weight excluding hydrogens is 556 g/mol. The molecule has 4 heteroatoms. The highest BCUT2D eigenvalue weighted by atomic mass is 16.5. The van der Waals surface area contributed by atoms with Crippen molar-refractivity contribution in [2.45, 2.75) is 117 Å². The third kappa shape index (κ3) is 15.9. The molecule has 0 aliphatic heterocycles. The second-order valence-corrected chi connectivity index (χ2v) is 12.0. The highest BCUT2D eigenvalue weighted by molar-refractivity contribution is 5.91. The van der Waals surface area contributed by atoms with Gasteiger partial charge in [0.25, 0.3) is 0 Å². The Labute approximate surface area is 273 Å². The lowest BCUT2D eigenvalue weighted by Crippen LogP contribution is -2.08. The fourth-order valence-corrected chi connectivity index (χ4v) is 5.25. The van der Waals surface area contributed by atoms with Crippen LogP contribution < -0.4 is 14.2 Å². The first kappa shape index (κ1) is 35.9. The second kappa shape index (κ2) is 22.9. The number of hydrogen-bond donors (Lipinski definition) is 0. The SMILES string of the molecule is CCCCCCCCCCCCOc1ccc(C(=O)Oc2ccc(/C=C/c3cccc(OCCCCCCCC)c3)cc2)cc1. The molecule has 0 radical (unpaired) electrons. The summed E-state index contributed by atoms with van der Waals surface area (Å²) in [7, 11) is 0. The maximum atomic E-state index is 12.7. The molecule has 0 saturated carbocycles. The average molecular weight is 613 g/mol. The van der Waals surface area contributed by atoms with Gasteiger partial charge < -0.3 is 14.2 Å². The number of hydrogen-bond acceptors (Lipinski definition) is 4. The molecular formula is C41H56O4. The first-order valence-electron chi connectivity index (χ1n) is 17.6. The number of carbonyl (C=O) groups excluding carboxylic acids is 1. The van der Waals surface area contributed by atoms with Crippen molar-refractivity contribution >= 4 is 18.1 Å². The number of benzene rings is 3. The van der Waals surface area contributed by atoms with Crippen LogP contribution in [0.3, 0.4) is 0 Å². The molecule has 0 saturated heterocycles. The van der Waals surface area contributed by atoms with E-state index in [4.69, 9.17) is 14.2 Å². The molecule has 244 valence electrons. The molecule has 0 atom stereocenters. The molecule has 3 rings (SSSR count). The molecule has 0 fully saturated rings. The van der Waals surface area contributed by atoms with E-state index in [1.807, 2.05) is 54.6 Å². The van der Waals surface area contributed by atoms with Crippen LogP contribution in [-0.2, 0) is 0 Å². The molecule has 3 aromatic carbocycles. The van der Waals surface area contributed by atoms with Crippen LogP contribution in [-0.4, -0.2) is 19.2 Å². The summed E-state index contributed by atoms with van der Waals surface area (Å²) in [6, 6.07) is 22.9. The molecule has 0 aliphatic rings. The first-order chi connectivity index (χ1) is 22.2. The van der Waals surface area contributed by atoms with Crippen LogP contribution in [0.25, 0.3) is 12.2 Å². The fraction of sp³-hybridized carbons (Fsp3) is 0.488. The van der Waals surface area contributed by atoms with Crippen molar-refractivity contribution in [1.29, 1.82) is 0 Å². The van der Waals surface area contributed by atoms with Crippen LogP contribution in [0.4, 0.5) is 0 Å². The lowest BCUT2D eigenvalue weighted by atomic mass is 10.1. The summed E-state index contributed by atoms with van der Waals surface area (Å²) in [5, 5.41) is 0. The number of esters is 1. The molecule has 4 nitrogen and oxygen atoms in total. The van der Waals surface area contributed by atoms with Gasteiger partial charge in [-0.15, -0.1) is 0 Å². The second-order valence-electron chi connectivity index (χ2n) is 12.0. The lowest BCUT2D eigenvalue weighted by Gasteiger charge is -2.08. The Kier molecular flexibility index (Phi) is 18.3. The van der Waals surface area contributed by atoms with Gasteiger partial charge in [-0.1, -0.05) is 140 Å². The third-order valence-corrected chi connectivity index (χ3v) is 8.04. The Bertz CT molecular complexity index is 1210. The quantitative estimate of drug-likeness (QED) is 0.0437. The molecule has 0 amide bonds. The Morgan fingerprint density at radius 1 is 0.511 bits per heavy atom. The summed E-state index contributed by atoms with van der Waals surface area (Å²) < 4.78 is 17.4. The maximum Gasteiger partial charge on any atom is 0.343 e. The number of unbranched alkanes of at least 4 members (excludes halogenated alkanes) is 14. The van der Waals surface area contributed by atoms with Gasteiger partial charge in [0.05, 0.1) is 18.8 Å². The van der Waals surface area contributed by atoms with E-state index in [2.05, 4.69) is 32.1 Å². The van der Waals surface area contributed by atoms with Crippen molar-refractivity contribution in [3.63, 3.8) is 0 Å². The van der Waals surface area contributed by atoms with Crippen molar-refractivity contribution in [2.24, 2.45) is 0 Å². The zero-order valence-corrected chi connectivity index (χ0v) is 27.9. The molecule has 0 unspecified atom stereocenters. The first-order valence-corrected chi connectivity index (χ1v) is 17.6. The van der Waals surface area contributed by atoms with E-state index in [0.29, 0.717) is 17.9 Å². The fourth-order valence-electron chi connectivity index (χ4n) is 5.25. The highest BCUT2D eigenvalue weighted by Crippen LogP contribution is 2.20. The van der Waals surface area contributed by atoms with E-state index in [-0.39, 0.29) is 5.97 Å². The van der Waals surface area contributed by atoms with Gasteiger partial charge in [0.15, 0.2) is 0 Å². The predicted octanol–water partition coefficient (Wildman–Crippen LogP) is 12.1. The van der Waals surface area contributed by atoms with Gasteiger partial charge in [0, 0.05) is 0 Å². The minimum Gasteiger partial charge on any atom is -0.494 e. The van der Waals surface area contributed by atoms with Crippen LogP contribution in [0, 0.1) is 0 Å². The van der Waals surface area contributed by atoms with E-state index >= 15 is 0 Å². The lowest BCUT2D eigenvalue weighted by molar-refractivity contribution is 0.0734. The molecule has 0 aliphatic carbocycles. The van der Waals surface area contributed by atoms with Crippen LogP contribution in [0.15, 0.2) is 72.8 Å². The molecule has 0 bridgehead atoms. The molecule has 0 spiro atoms. The normalized spacial score (nSPS) is 11.2. The highest BCUT2D eigenvalue weighted by Gasteiger charge is 2.09. The average Bonchev–Trinajstić information content (AvgIpc) is 3.07. The van der Waals surface area contributed by atoms with Crippen LogP contribution in [0.1, 0.15) is 138 Å². The number of rotatable bonds is 24. The van der Waals surface area contributed by atoms with E-state index in [9.17, 15) is 4.79 Å². The standard InChI is InChI=1S/C41H56O4/c1-3-5-7-9-11-12-13-14-16-17-32-43-38-30-26-37(27-31-38)41(42)45-39-28-24-35(25-29-39)22-23-36-20-19-21-40(34-36)44-33-18-15-10-8-6-4-2/h19-31,34H,3-18,32-33H2,1-2H3/b23-22+. The molecule has 0 N–H and O–H groups in total. The molecule has 0 heterocycles. The minimum atomic E-state index is -0.377. The van der Waals surface area contributed by atoms with Gasteiger partial charge >= 0.3 is 5.97 Å². The Morgan fingerprint density at radius 3 is 1.58 bits per heavy atom. The van der Waals surface area contributed by atoms with Crippen molar-refractivity contribution < 1.29 is 19.0 Å². The van der Waals surface area contributed by atoms with Crippen molar-refractivity contribution in [3.8, 4) is 17.2 Å². The summed E-state index contributed by atoms with van der Waals surface area (Å²) in [5.74, 6) is 1.83. The van der Waals surface area contributed by atoms with Gasteiger partial charge in [-0.25, -0.2) is 4.79 Å². The van der Waals surface area contributed by atoms with E-state index in [1.165, 1.54) is 89.9 Å². The van der Waals surface area contributed by atoms with Crippen molar-refractivity contribution in [3.05, 3.63) is 89.5 Å². The van der Waals surface area contributed by atoms with Gasteiger partial charge in [-0.05, 0) is 72.5 Å². The Balaban J connectivity index is 1.33. The zero-order valence-electron chi connectivity index (χ0n) is 27.9. The minimum absolute atomic E-state index is 0.377. The van der Waals surface area contributed by atoms with Gasteiger partial charge in [-0.2, -0.15) is 0 Å². The Morgan fingerprint density at radius 2 is 1.00 bits per heavy atom. The van der Waals surface area contributed by atoms with Gasteiger partial charge in [0.2, 0.25) is 0 Å². The molecule has 45 heavy (non-hydrogen) atoms. The maximum absolute atomic E-state index is 12.7. The van der Waals surface area contributed by atoms with Gasteiger partial charge in [0.1, 0.15) is 17.2 Å². The zero-order chi connectivity index (χ0) is 31.8. The van der Waals surface area contributed by atoms with E-state index < -0.39 is 0 Å². The third-order valence-electron chi connectivity index (χ3n) is 8.04. The topological polar surface area (TPSA) is 44.8 Å². The monoisotopic (exact) mass is 612 g/mol. The Hall–Kier alpha value is -3.53. The summed E-state index contributed by atoms with van der Waals surface area (Å²) >= 11 is 0. The van der Waals surface area contributed by atoms with Crippen LogP contribution in [0.5, 0.6) is 17.2 Å². The number of ether oxygens (including phenoxy) is 3. The van der Waals surface area contributed by atoms with Gasteiger partial charge in [-0.3, -0.25) is 0 Å². The summed E-state index contributed by atoms with van der Waals surface area (Å²) in [5.41, 5.74) is 2.61. The van der Waals surface area contributed by atoms with E-state index in [0.717, 1.165) is 42.1 Å². The molecule has 3 aromatic rings. The smallest absolute Gasteiger partial charge is 0.343 e. The summed E-state index contributed by atoms with van der Waals surface area (Å²) in [6.45, 7) is 5.98. The van der Waals surface area contributed by atoms with E-state index in [1.54, 1.807) is 12.1 Å².